The van der Waals surface area contributed by atoms with E-state index in [1.54, 1.807) is 0 Å². The summed E-state index contributed by atoms with van der Waals surface area (Å²) in [5.41, 5.74) is 2.44. The number of alkyl halides is 1. The molecule has 1 aliphatic rings. The van der Waals surface area contributed by atoms with E-state index in [0.717, 1.165) is 22.9 Å². The van der Waals surface area contributed by atoms with Gasteiger partial charge in [0.15, 0.2) is 0 Å². The number of hydrogen-bond acceptors (Lipinski definition) is 1. The molecule has 0 spiro atoms. The van der Waals surface area contributed by atoms with Crippen LogP contribution in [0.3, 0.4) is 0 Å². The van der Waals surface area contributed by atoms with Crippen LogP contribution in [0.2, 0.25) is 0 Å². The van der Waals surface area contributed by atoms with Gasteiger partial charge in [0.2, 0.25) is 0 Å². The van der Waals surface area contributed by atoms with Crippen LogP contribution in [0.25, 0.3) is 0 Å². The van der Waals surface area contributed by atoms with Gasteiger partial charge in [-0.2, -0.15) is 5.10 Å². The molecule has 15 heavy (non-hydrogen) atoms. The van der Waals surface area contributed by atoms with Crippen molar-refractivity contribution in [1.29, 1.82) is 0 Å². The summed E-state index contributed by atoms with van der Waals surface area (Å²) >= 11 is 7.33. The van der Waals surface area contributed by atoms with Crippen LogP contribution in [0.4, 0.5) is 0 Å². The lowest BCUT2D eigenvalue weighted by atomic mass is 10.0. The van der Waals surface area contributed by atoms with Crippen molar-refractivity contribution in [2.75, 3.05) is 0 Å². The molecule has 1 heterocycles. The van der Waals surface area contributed by atoms with Gasteiger partial charge >= 0.3 is 0 Å². The second-order valence-electron chi connectivity index (χ2n) is 4.45. The normalized spacial score (nSPS) is 26.1. The molecule has 2 unspecified atom stereocenters. The van der Waals surface area contributed by atoms with Crippen LogP contribution in [0.1, 0.15) is 30.7 Å². The topological polar surface area (TPSA) is 17.8 Å². The number of halogens is 2. The summed E-state index contributed by atoms with van der Waals surface area (Å²) in [6.07, 6.45) is 5.11. The van der Waals surface area contributed by atoms with Crippen molar-refractivity contribution in [3.8, 4) is 0 Å². The number of aromatic nitrogens is 2. The predicted octanol–water partition coefficient (Wildman–Crippen LogP) is 3.60. The van der Waals surface area contributed by atoms with Gasteiger partial charge in [-0.15, -0.1) is 0 Å². The molecule has 1 aliphatic carbocycles. The van der Waals surface area contributed by atoms with E-state index in [1.165, 1.54) is 29.4 Å². The first-order valence-corrected chi connectivity index (χ1v) is 7.11. The van der Waals surface area contributed by atoms with E-state index in [1.807, 2.05) is 11.7 Å². The van der Waals surface area contributed by atoms with Gasteiger partial charge in [0, 0.05) is 11.9 Å². The Hall–Kier alpha value is 0.170. The molecule has 1 aromatic rings. The fraction of sp³-hybridized carbons (Fsp3) is 0.727. The minimum absolute atomic E-state index is 0.732. The Morgan fingerprint density at radius 2 is 2.20 bits per heavy atom. The molecule has 4 heteroatoms. The Morgan fingerprint density at radius 1 is 1.47 bits per heavy atom. The zero-order valence-electron chi connectivity index (χ0n) is 9.13. The van der Waals surface area contributed by atoms with Crippen LogP contribution in [0.5, 0.6) is 0 Å². The van der Waals surface area contributed by atoms with Crippen LogP contribution in [0, 0.1) is 12.8 Å². The van der Waals surface area contributed by atoms with E-state index in [2.05, 4.69) is 43.9 Å². The van der Waals surface area contributed by atoms with Crippen molar-refractivity contribution in [2.24, 2.45) is 13.0 Å². The Bertz CT molecular complexity index is 360. The summed E-state index contributed by atoms with van der Waals surface area (Å²) in [4.78, 5) is 0.732. The zero-order chi connectivity index (χ0) is 11.0. The fourth-order valence-electron chi connectivity index (χ4n) is 2.37. The molecule has 0 radical (unpaired) electrons. The largest absolute Gasteiger partial charge is 0.271 e. The number of nitrogens with zero attached hydrogens (tertiary/aromatic N) is 2. The van der Waals surface area contributed by atoms with Crippen LogP contribution in [-0.4, -0.2) is 14.6 Å². The molecule has 2 nitrogen and oxygen atoms in total. The third-order valence-electron chi connectivity index (χ3n) is 3.22. The summed E-state index contributed by atoms with van der Waals surface area (Å²) in [5, 5.41) is 4.43. The van der Waals surface area contributed by atoms with Crippen LogP contribution in [0.15, 0.2) is 4.47 Å². The summed E-state index contributed by atoms with van der Waals surface area (Å²) in [6, 6.07) is 0. The summed E-state index contributed by atoms with van der Waals surface area (Å²) in [7, 11) is 2.04. The summed E-state index contributed by atoms with van der Waals surface area (Å²) < 4.78 is 3.21. The van der Waals surface area contributed by atoms with E-state index in [0.29, 0.717) is 0 Å². The molecule has 2 atom stereocenters. The minimum atomic E-state index is 0.732. The van der Waals surface area contributed by atoms with Crippen molar-refractivity contribution >= 4 is 31.9 Å². The zero-order valence-corrected chi connectivity index (χ0v) is 12.3. The molecule has 1 aromatic heterocycles. The van der Waals surface area contributed by atoms with Gasteiger partial charge in [0.05, 0.1) is 15.9 Å². The molecule has 1 fully saturated rings. The van der Waals surface area contributed by atoms with Crippen molar-refractivity contribution in [2.45, 2.75) is 37.4 Å². The smallest absolute Gasteiger partial charge is 0.0738 e. The third kappa shape index (κ3) is 2.47. The van der Waals surface area contributed by atoms with Crippen molar-refractivity contribution in [3.05, 3.63) is 15.9 Å². The van der Waals surface area contributed by atoms with Crippen molar-refractivity contribution in [3.63, 3.8) is 0 Å². The molecule has 1 saturated carbocycles. The maximum atomic E-state index is 4.43. The Balaban J connectivity index is 2.10. The second-order valence-corrected chi connectivity index (χ2v) is 6.54. The van der Waals surface area contributed by atoms with Crippen LogP contribution >= 0.6 is 31.9 Å². The van der Waals surface area contributed by atoms with Gasteiger partial charge in [-0.3, -0.25) is 4.68 Å². The molecule has 0 amide bonds. The molecule has 0 saturated heterocycles. The van der Waals surface area contributed by atoms with Gasteiger partial charge in [0.25, 0.3) is 0 Å². The highest BCUT2D eigenvalue weighted by molar-refractivity contribution is 9.10. The monoisotopic (exact) mass is 334 g/mol. The first-order valence-electron chi connectivity index (χ1n) is 5.40. The molecular formula is C11H16Br2N2. The van der Waals surface area contributed by atoms with E-state index in [4.69, 9.17) is 0 Å². The Morgan fingerprint density at radius 3 is 2.67 bits per heavy atom. The Labute approximate surface area is 108 Å². The third-order valence-corrected chi connectivity index (χ3v) is 5.08. The average Bonchev–Trinajstić information content (AvgIpc) is 2.67. The Kier molecular flexibility index (Phi) is 3.56. The SMILES string of the molecule is Cc1nn(C)c(CC2CCC(Br)C2)c1Br. The molecule has 84 valence electrons. The summed E-state index contributed by atoms with van der Waals surface area (Å²) in [6.45, 7) is 2.05. The van der Waals surface area contributed by atoms with Crippen LogP contribution < -0.4 is 0 Å². The highest BCUT2D eigenvalue weighted by atomic mass is 79.9. The van der Waals surface area contributed by atoms with Gasteiger partial charge in [-0.05, 0) is 54.5 Å². The van der Waals surface area contributed by atoms with Gasteiger partial charge in [-0.1, -0.05) is 15.9 Å². The molecule has 2 rings (SSSR count). The predicted molar refractivity (Wildman–Crippen MR) is 69.4 cm³/mol. The lowest BCUT2D eigenvalue weighted by Crippen LogP contribution is -2.06. The summed E-state index contributed by atoms with van der Waals surface area (Å²) in [5.74, 6) is 0.820. The standard InChI is InChI=1S/C11H16Br2N2/c1-7-11(13)10(15(2)14-7)6-8-3-4-9(12)5-8/h8-9H,3-6H2,1-2H3. The van der Waals surface area contributed by atoms with Gasteiger partial charge in [0.1, 0.15) is 0 Å². The lowest BCUT2D eigenvalue weighted by Gasteiger charge is -2.09. The first kappa shape index (κ1) is 11.6. The molecule has 0 aliphatic heterocycles. The van der Waals surface area contributed by atoms with Gasteiger partial charge in [-0.25, -0.2) is 0 Å². The first-order chi connectivity index (χ1) is 7.08. The average molecular weight is 336 g/mol. The maximum Gasteiger partial charge on any atom is 0.0738 e. The number of aryl methyl sites for hydroxylation is 2. The van der Waals surface area contributed by atoms with E-state index in [9.17, 15) is 0 Å². The highest BCUT2D eigenvalue weighted by Gasteiger charge is 2.24. The molecule has 0 N–H and O–H groups in total. The molecule has 0 bridgehead atoms. The molecule has 0 aromatic carbocycles. The highest BCUT2D eigenvalue weighted by Crippen LogP contribution is 2.34. The molecular weight excluding hydrogens is 320 g/mol. The van der Waals surface area contributed by atoms with Crippen molar-refractivity contribution < 1.29 is 0 Å². The number of rotatable bonds is 2. The minimum Gasteiger partial charge on any atom is -0.271 e. The van der Waals surface area contributed by atoms with E-state index in [-0.39, 0.29) is 0 Å². The van der Waals surface area contributed by atoms with E-state index < -0.39 is 0 Å². The second kappa shape index (κ2) is 4.58. The van der Waals surface area contributed by atoms with E-state index >= 15 is 0 Å². The quantitative estimate of drug-likeness (QED) is 0.755. The lowest BCUT2D eigenvalue weighted by molar-refractivity contribution is 0.521. The number of hydrogen-bond donors (Lipinski definition) is 0. The van der Waals surface area contributed by atoms with Crippen LogP contribution in [-0.2, 0) is 13.5 Å². The fourth-order valence-corrected chi connectivity index (χ4v) is 3.67. The van der Waals surface area contributed by atoms with Gasteiger partial charge < -0.3 is 0 Å². The maximum absolute atomic E-state index is 4.43. The van der Waals surface area contributed by atoms with Crippen molar-refractivity contribution in [1.82, 2.24) is 9.78 Å².